The van der Waals surface area contributed by atoms with Gasteiger partial charge in [-0.1, -0.05) is 13.8 Å². The van der Waals surface area contributed by atoms with Crippen molar-refractivity contribution in [2.75, 3.05) is 24.0 Å². The quantitative estimate of drug-likeness (QED) is 0.399. The molecule has 1 heterocycles. The Labute approximate surface area is 119 Å². The molecule has 5 N–H and O–H groups in total. The van der Waals surface area contributed by atoms with Crippen molar-refractivity contribution in [2.24, 2.45) is 5.84 Å². The first-order valence-corrected chi connectivity index (χ1v) is 6.94. The van der Waals surface area contributed by atoms with Gasteiger partial charge in [0.2, 0.25) is 0 Å². The number of nitrogens with two attached hydrogens (primary N) is 1. The van der Waals surface area contributed by atoms with Gasteiger partial charge in [0.1, 0.15) is 18.2 Å². The third-order valence-electron chi connectivity index (χ3n) is 3.41. The topological polar surface area (TPSA) is 105 Å². The van der Waals surface area contributed by atoms with E-state index in [2.05, 4.69) is 20.7 Å². The number of ether oxygens (including phenoxy) is 1. The van der Waals surface area contributed by atoms with Crippen LogP contribution in [0.2, 0.25) is 0 Å². The molecular formula is C13H25N5O2. The van der Waals surface area contributed by atoms with E-state index >= 15 is 0 Å². The normalized spacial score (nSPS) is 11.4. The van der Waals surface area contributed by atoms with Crippen molar-refractivity contribution in [3.63, 3.8) is 0 Å². The molecular weight excluding hydrogens is 258 g/mol. The van der Waals surface area contributed by atoms with Gasteiger partial charge in [-0.15, -0.1) is 0 Å². The van der Waals surface area contributed by atoms with Crippen LogP contribution in [0.25, 0.3) is 0 Å². The first kappa shape index (κ1) is 16.6. The smallest absolute Gasteiger partial charge is 0.158 e. The van der Waals surface area contributed by atoms with Crippen molar-refractivity contribution >= 4 is 11.6 Å². The van der Waals surface area contributed by atoms with Gasteiger partial charge in [-0.05, 0) is 19.8 Å². The summed E-state index contributed by atoms with van der Waals surface area (Å²) in [6.07, 6.45) is 1.58. The van der Waals surface area contributed by atoms with Crippen LogP contribution in [0.3, 0.4) is 0 Å². The van der Waals surface area contributed by atoms with Gasteiger partial charge in [0.05, 0.1) is 12.1 Å². The van der Waals surface area contributed by atoms with Crippen molar-refractivity contribution in [1.29, 1.82) is 0 Å². The number of nitrogens with one attached hydrogen (secondary N) is 2. The number of nitrogen functional groups attached to an aromatic ring is 1. The van der Waals surface area contributed by atoms with Crippen molar-refractivity contribution in [2.45, 2.75) is 45.8 Å². The minimum Gasteiger partial charge on any atom is -0.394 e. The maximum Gasteiger partial charge on any atom is 0.158 e. The molecule has 0 fully saturated rings. The lowest BCUT2D eigenvalue weighted by molar-refractivity contribution is 0.128. The molecule has 0 aliphatic rings. The predicted molar refractivity (Wildman–Crippen MR) is 79.2 cm³/mol. The zero-order chi connectivity index (χ0) is 15.0. The third-order valence-corrected chi connectivity index (χ3v) is 3.41. The minimum absolute atomic E-state index is 0.0379. The largest absolute Gasteiger partial charge is 0.394 e. The van der Waals surface area contributed by atoms with E-state index in [4.69, 9.17) is 10.6 Å². The van der Waals surface area contributed by atoms with Crippen molar-refractivity contribution in [3.8, 4) is 0 Å². The second kappa shape index (κ2) is 7.98. The fourth-order valence-electron chi connectivity index (χ4n) is 1.85. The Morgan fingerprint density at radius 2 is 1.90 bits per heavy atom. The van der Waals surface area contributed by atoms with E-state index in [1.165, 1.54) is 0 Å². The van der Waals surface area contributed by atoms with E-state index < -0.39 is 0 Å². The van der Waals surface area contributed by atoms with Crippen LogP contribution in [0.5, 0.6) is 0 Å². The van der Waals surface area contributed by atoms with Crippen LogP contribution in [0.4, 0.5) is 11.6 Å². The van der Waals surface area contributed by atoms with E-state index in [-0.39, 0.29) is 12.1 Å². The number of nitrogens with zero attached hydrogens (tertiary/aromatic N) is 2. The molecule has 0 bridgehead atoms. The molecule has 7 nitrogen and oxygen atoms in total. The van der Waals surface area contributed by atoms with Gasteiger partial charge in [-0.25, -0.2) is 15.8 Å². The molecule has 0 aliphatic heterocycles. The van der Waals surface area contributed by atoms with Crippen LogP contribution in [0.15, 0.2) is 6.07 Å². The summed E-state index contributed by atoms with van der Waals surface area (Å²) >= 11 is 0. The number of aliphatic hydroxyl groups is 1. The highest BCUT2D eigenvalue weighted by Crippen LogP contribution is 2.22. The minimum atomic E-state index is -0.386. The van der Waals surface area contributed by atoms with Crippen molar-refractivity contribution in [3.05, 3.63) is 11.9 Å². The molecule has 1 aromatic rings. The predicted octanol–water partition coefficient (Wildman–Crippen LogP) is 1.26. The number of hydrazine groups is 1. The molecule has 0 spiro atoms. The summed E-state index contributed by atoms with van der Waals surface area (Å²) in [5.74, 6) is 7.10. The van der Waals surface area contributed by atoms with E-state index in [9.17, 15) is 5.11 Å². The molecule has 1 aromatic heterocycles. The molecule has 1 rings (SSSR count). The monoisotopic (exact) mass is 283 g/mol. The van der Waals surface area contributed by atoms with Gasteiger partial charge in [-0.3, -0.25) is 0 Å². The van der Waals surface area contributed by atoms with Gasteiger partial charge in [0.15, 0.2) is 5.82 Å². The molecule has 7 heteroatoms. The average molecular weight is 283 g/mol. The van der Waals surface area contributed by atoms with Gasteiger partial charge < -0.3 is 20.6 Å². The zero-order valence-electron chi connectivity index (χ0n) is 12.4. The summed E-state index contributed by atoms with van der Waals surface area (Å²) in [5, 5.41) is 12.9. The number of hydrogen-bond acceptors (Lipinski definition) is 7. The third kappa shape index (κ3) is 4.29. The van der Waals surface area contributed by atoms with E-state index in [1.54, 1.807) is 6.07 Å². The van der Waals surface area contributed by atoms with Crippen LogP contribution in [0, 0.1) is 0 Å². The Morgan fingerprint density at radius 1 is 1.25 bits per heavy atom. The van der Waals surface area contributed by atoms with Crippen LogP contribution in [0.1, 0.15) is 39.4 Å². The Hall–Kier alpha value is -1.44. The van der Waals surface area contributed by atoms with Crippen molar-refractivity contribution < 1.29 is 9.84 Å². The number of aliphatic hydroxyl groups excluding tert-OH is 1. The average Bonchev–Trinajstić information content (AvgIpc) is 2.50. The molecule has 0 atom stereocenters. The second-order valence-electron chi connectivity index (χ2n) is 4.61. The summed E-state index contributed by atoms with van der Waals surface area (Å²) in [6.45, 7) is 6.92. The summed E-state index contributed by atoms with van der Waals surface area (Å²) < 4.78 is 5.31. The van der Waals surface area contributed by atoms with Crippen molar-refractivity contribution in [1.82, 2.24) is 9.97 Å². The van der Waals surface area contributed by atoms with E-state index in [0.717, 1.165) is 12.8 Å². The summed E-state index contributed by atoms with van der Waals surface area (Å²) in [4.78, 5) is 8.62. The van der Waals surface area contributed by atoms with E-state index in [0.29, 0.717) is 30.7 Å². The maximum atomic E-state index is 9.60. The Morgan fingerprint density at radius 3 is 2.40 bits per heavy atom. The van der Waals surface area contributed by atoms with Gasteiger partial charge >= 0.3 is 0 Å². The number of hydrogen-bond donors (Lipinski definition) is 4. The molecule has 0 aliphatic carbocycles. The first-order chi connectivity index (χ1) is 9.62. The number of anilines is 2. The standard InChI is InChI=1S/C13H25N5O2/c1-4-13(5-2,9-19)17-10-7-11(18-14)16-12(15-10)8-20-6-3/h7,19H,4-6,8-9,14H2,1-3H3,(H2,15,16,17,18). The second-order valence-corrected chi connectivity index (χ2v) is 4.61. The lowest BCUT2D eigenvalue weighted by Gasteiger charge is -2.31. The SMILES string of the molecule is CCOCc1nc(NN)cc(NC(CC)(CC)CO)n1. The summed E-state index contributed by atoms with van der Waals surface area (Å²) in [5.41, 5.74) is 2.13. The number of aromatic nitrogens is 2. The summed E-state index contributed by atoms with van der Waals surface area (Å²) in [6, 6.07) is 1.71. The first-order valence-electron chi connectivity index (χ1n) is 6.94. The highest BCUT2D eigenvalue weighted by Gasteiger charge is 2.25. The Bertz CT molecular complexity index is 401. The highest BCUT2D eigenvalue weighted by molar-refractivity contribution is 5.48. The highest BCUT2D eigenvalue weighted by atomic mass is 16.5. The van der Waals surface area contributed by atoms with Crippen LogP contribution in [-0.4, -0.2) is 33.8 Å². The van der Waals surface area contributed by atoms with Gasteiger partial charge in [0, 0.05) is 12.7 Å². The maximum absolute atomic E-state index is 9.60. The number of rotatable bonds is 9. The molecule has 114 valence electrons. The molecule has 20 heavy (non-hydrogen) atoms. The lowest BCUT2D eigenvalue weighted by atomic mass is 9.94. The van der Waals surface area contributed by atoms with Gasteiger partial charge in [-0.2, -0.15) is 0 Å². The molecule has 0 unspecified atom stereocenters. The van der Waals surface area contributed by atoms with Gasteiger partial charge in [0.25, 0.3) is 0 Å². The van der Waals surface area contributed by atoms with E-state index in [1.807, 2.05) is 20.8 Å². The molecule has 0 aromatic carbocycles. The fourth-order valence-corrected chi connectivity index (χ4v) is 1.85. The van der Waals surface area contributed by atoms with Crippen LogP contribution < -0.4 is 16.6 Å². The summed E-state index contributed by atoms with van der Waals surface area (Å²) in [7, 11) is 0. The van der Waals surface area contributed by atoms with Crippen LogP contribution >= 0.6 is 0 Å². The molecule has 0 radical (unpaired) electrons. The zero-order valence-corrected chi connectivity index (χ0v) is 12.4. The molecule has 0 amide bonds. The lowest BCUT2D eigenvalue weighted by Crippen LogP contribution is -2.41. The Kier molecular flexibility index (Phi) is 6.63. The fraction of sp³-hybridized carbons (Fsp3) is 0.692. The Balaban J connectivity index is 2.98. The molecule has 0 saturated heterocycles. The van der Waals surface area contributed by atoms with Crippen LogP contribution in [-0.2, 0) is 11.3 Å². The molecule has 0 saturated carbocycles.